The summed E-state index contributed by atoms with van der Waals surface area (Å²) in [7, 11) is 0. The first-order chi connectivity index (χ1) is 10.1. The smallest absolute Gasteiger partial charge is 0.378 e. The molecule has 21 heavy (non-hydrogen) atoms. The predicted molar refractivity (Wildman–Crippen MR) is 76.5 cm³/mol. The number of esters is 1. The summed E-state index contributed by atoms with van der Waals surface area (Å²) in [5.41, 5.74) is 0.619. The Morgan fingerprint density at radius 1 is 1.38 bits per heavy atom. The van der Waals surface area contributed by atoms with E-state index < -0.39 is 5.97 Å². The van der Waals surface area contributed by atoms with Gasteiger partial charge in [0.2, 0.25) is 5.91 Å². The summed E-state index contributed by atoms with van der Waals surface area (Å²) in [5, 5.41) is 13.2. The predicted octanol–water partition coefficient (Wildman–Crippen LogP) is 1.25. The van der Waals surface area contributed by atoms with Crippen molar-refractivity contribution >= 4 is 33.5 Å². The lowest BCUT2D eigenvalue weighted by Gasteiger charge is -2.07. The van der Waals surface area contributed by atoms with Crippen LogP contribution in [0.4, 0.5) is 5.69 Å². The summed E-state index contributed by atoms with van der Waals surface area (Å²) in [6, 6.07) is 7.17. The maximum Gasteiger partial charge on any atom is 0.378 e. The molecule has 0 aliphatic carbocycles. The Labute approximate surface area is 128 Å². The molecule has 110 valence electrons. The third-order valence-electron chi connectivity index (χ3n) is 2.43. The van der Waals surface area contributed by atoms with Crippen molar-refractivity contribution in [2.24, 2.45) is 0 Å². The number of rotatable bonds is 5. The van der Waals surface area contributed by atoms with Crippen molar-refractivity contribution in [2.75, 3.05) is 11.9 Å². The first-order valence-electron chi connectivity index (χ1n) is 6.09. The minimum atomic E-state index is -0.670. The molecule has 1 N–H and O–H groups in total. The molecule has 0 saturated heterocycles. The third kappa shape index (κ3) is 3.85. The van der Waals surface area contributed by atoms with Crippen molar-refractivity contribution in [2.45, 2.75) is 13.5 Å². The van der Waals surface area contributed by atoms with Gasteiger partial charge in [-0.15, -0.1) is 5.10 Å². The summed E-state index contributed by atoms with van der Waals surface area (Å²) in [4.78, 5) is 23.6. The van der Waals surface area contributed by atoms with Crippen molar-refractivity contribution in [1.82, 2.24) is 20.2 Å². The van der Waals surface area contributed by atoms with Gasteiger partial charge in [0.1, 0.15) is 6.54 Å². The van der Waals surface area contributed by atoms with Crippen molar-refractivity contribution < 1.29 is 14.3 Å². The maximum atomic E-state index is 12.0. The molecule has 0 bridgehead atoms. The molecule has 0 aliphatic rings. The number of hydrogen-bond donors (Lipinski definition) is 1. The molecule has 0 radical (unpaired) electrons. The van der Waals surface area contributed by atoms with Gasteiger partial charge >= 0.3 is 5.97 Å². The van der Waals surface area contributed by atoms with Crippen LogP contribution >= 0.6 is 15.9 Å². The van der Waals surface area contributed by atoms with Crippen LogP contribution in [0.3, 0.4) is 0 Å². The second-order valence-corrected chi connectivity index (χ2v) is 4.76. The molecule has 0 atom stereocenters. The Morgan fingerprint density at radius 2 is 2.14 bits per heavy atom. The lowest BCUT2D eigenvalue weighted by molar-refractivity contribution is -0.116. The number of hydrogen-bond acceptors (Lipinski definition) is 6. The lowest BCUT2D eigenvalue weighted by Crippen LogP contribution is -2.23. The number of amides is 1. The van der Waals surface area contributed by atoms with Crippen molar-refractivity contribution in [3.8, 4) is 0 Å². The molecule has 2 rings (SSSR count). The average molecular weight is 354 g/mol. The van der Waals surface area contributed by atoms with E-state index in [1.54, 1.807) is 25.1 Å². The molecular weight excluding hydrogens is 342 g/mol. The molecule has 0 fully saturated rings. The van der Waals surface area contributed by atoms with E-state index in [1.165, 1.54) is 0 Å². The number of tetrazole rings is 1. The fourth-order valence-corrected chi connectivity index (χ4v) is 1.93. The Hall–Kier alpha value is -2.29. The van der Waals surface area contributed by atoms with Gasteiger partial charge < -0.3 is 10.1 Å². The van der Waals surface area contributed by atoms with Crippen molar-refractivity contribution in [1.29, 1.82) is 0 Å². The molecule has 0 unspecified atom stereocenters. The zero-order valence-electron chi connectivity index (χ0n) is 11.1. The fraction of sp³-hybridized carbons (Fsp3) is 0.250. The second-order valence-electron chi connectivity index (χ2n) is 3.91. The van der Waals surface area contributed by atoms with Crippen LogP contribution in [0.15, 0.2) is 28.7 Å². The molecule has 1 amide bonds. The number of anilines is 1. The number of benzene rings is 1. The Bertz CT molecular complexity index is 658. The fourth-order valence-electron chi connectivity index (χ4n) is 1.54. The van der Waals surface area contributed by atoms with E-state index >= 15 is 0 Å². The van der Waals surface area contributed by atoms with E-state index in [1.807, 2.05) is 6.07 Å². The quantitative estimate of drug-likeness (QED) is 0.812. The molecule has 1 aromatic heterocycles. The molecule has 9 heteroatoms. The van der Waals surface area contributed by atoms with Gasteiger partial charge in [0.05, 0.1) is 12.3 Å². The van der Waals surface area contributed by atoms with E-state index in [-0.39, 0.29) is 24.9 Å². The van der Waals surface area contributed by atoms with E-state index in [2.05, 4.69) is 36.8 Å². The maximum absolute atomic E-state index is 12.0. The molecule has 0 aliphatic heterocycles. The van der Waals surface area contributed by atoms with Gasteiger partial charge in [0.15, 0.2) is 0 Å². The van der Waals surface area contributed by atoms with E-state index in [4.69, 9.17) is 4.74 Å². The van der Waals surface area contributed by atoms with Crippen LogP contribution < -0.4 is 5.32 Å². The van der Waals surface area contributed by atoms with Crippen molar-refractivity contribution in [3.05, 3.63) is 34.6 Å². The number of ether oxygens (including phenoxy) is 1. The van der Waals surface area contributed by atoms with E-state index in [9.17, 15) is 9.59 Å². The Kier molecular flexibility index (Phi) is 4.99. The van der Waals surface area contributed by atoms with Crippen LogP contribution in [0, 0.1) is 0 Å². The van der Waals surface area contributed by atoms with Gasteiger partial charge in [-0.25, -0.2) is 9.48 Å². The highest BCUT2D eigenvalue weighted by atomic mass is 79.9. The SMILES string of the molecule is CCOC(=O)c1nnnn1CC(=O)Nc1ccccc1Br. The van der Waals surface area contributed by atoms with Crippen LogP contribution in [-0.2, 0) is 16.1 Å². The summed E-state index contributed by atoms with van der Waals surface area (Å²) in [5.74, 6) is -1.14. The number of para-hydroxylation sites is 1. The topological polar surface area (TPSA) is 99.0 Å². The van der Waals surface area contributed by atoms with Crippen LogP contribution in [0.25, 0.3) is 0 Å². The third-order valence-corrected chi connectivity index (χ3v) is 3.12. The first kappa shape index (κ1) is 15.1. The minimum absolute atomic E-state index is 0.112. The number of nitrogens with zero attached hydrogens (tertiary/aromatic N) is 4. The number of nitrogens with one attached hydrogen (secondary N) is 1. The molecule has 8 nitrogen and oxygen atoms in total. The highest BCUT2D eigenvalue weighted by Crippen LogP contribution is 2.21. The molecule has 1 heterocycles. The molecular formula is C12H12BrN5O3. The second kappa shape index (κ2) is 6.93. The van der Waals surface area contributed by atoms with E-state index in [0.29, 0.717) is 5.69 Å². The Morgan fingerprint density at radius 3 is 2.86 bits per heavy atom. The van der Waals surface area contributed by atoms with Crippen LogP contribution in [0.1, 0.15) is 17.5 Å². The highest BCUT2D eigenvalue weighted by Gasteiger charge is 2.18. The van der Waals surface area contributed by atoms with Gasteiger partial charge in [-0.1, -0.05) is 12.1 Å². The normalized spacial score (nSPS) is 10.2. The summed E-state index contributed by atoms with van der Waals surface area (Å²) in [6.07, 6.45) is 0. The van der Waals surface area contributed by atoms with Crippen LogP contribution in [-0.4, -0.2) is 38.7 Å². The van der Waals surface area contributed by atoms with Crippen molar-refractivity contribution in [3.63, 3.8) is 0 Å². The standard InChI is InChI=1S/C12H12BrN5O3/c1-2-21-12(20)11-15-16-17-18(11)7-10(19)14-9-6-4-3-5-8(9)13/h3-6H,2,7H2,1H3,(H,14,19). The average Bonchev–Trinajstić information content (AvgIpc) is 2.90. The molecule has 1 aromatic carbocycles. The van der Waals surface area contributed by atoms with Gasteiger partial charge in [-0.05, 0) is 45.4 Å². The zero-order valence-corrected chi connectivity index (χ0v) is 12.7. The molecule has 2 aromatic rings. The van der Waals surface area contributed by atoms with Gasteiger partial charge in [-0.2, -0.15) is 0 Å². The first-order valence-corrected chi connectivity index (χ1v) is 6.88. The van der Waals surface area contributed by atoms with Gasteiger partial charge in [0, 0.05) is 4.47 Å². The molecule has 0 spiro atoms. The number of halogens is 1. The summed E-state index contributed by atoms with van der Waals surface area (Å²) < 4.78 is 6.64. The van der Waals surface area contributed by atoms with Gasteiger partial charge in [0.25, 0.3) is 5.82 Å². The van der Waals surface area contributed by atoms with Gasteiger partial charge in [-0.3, -0.25) is 4.79 Å². The monoisotopic (exact) mass is 353 g/mol. The lowest BCUT2D eigenvalue weighted by atomic mass is 10.3. The number of carbonyl (C=O) groups is 2. The summed E-state index contributed by atoms with van der Waals surface area (Å²) in [6.45, 7) is 1.68. The Balaban J connectivity index is 2.05. The number of aromatic nitrogens is 4. The highest BCUT2D eigenvalue weighted by molar-refractivity contribution is 9.10. The van der Waals surface area contributed by atoms with E-state index in [0.717, 1.165) is 9.15 Å². The molecule has 0 saturated carbocycles. The van der Waals surface area contributed by atoms with Crippen LogP contribution in [0.5, 0.6) is 0 Å². The zero-order chi connectivity index (χ0) is 15.2. The minimum Gasteiger partial charge on any atom is -0.460 e. The van der Waals surface area contributed by atoms with Crippen LogP contribution in [0.2, 0.25) is 0 Å². The summed E-state index contributed by atoms with van der Waals surface area (Å²) >= 11 is 3.32. The largest absolute Gasteiger partial charge is 0.460 e. The number of carbonyl (C=O) groups excluding carboxylic acids is 2.